The van der Waals surface area contributed by atoms with E-state index in [0.29, 0.717) is 13.0 Å². The van der Waals surface area contributed by atoms with Gasteiger partial charge in [0.15, 0.2) is 0 Å². The Morgan fingerprint density at radius 3 is 2.88 bits per heavy atom. The van der Waals surface area contributed by atoms with E-state index in [1.807, 2.05) is 20.8 Å². The Hall–Kier alpha value is -1.05. The highest BCUT2D eigenvalue weighted by Gasteiger charge is 2.15. The molecule has 1 heterocycles. The Morgan fingerprint density at radius 1 is 1.56 bits per heavy atom. The zero-order chi connectivity index (χ0) is 12.0. The summed E-state index contributed by atoms with van der Waals surface area (Å²) in [5.74, 6) is 4.78. The molecule has 1 rings (SSSR count). The van der Waals surface area contributed by atoms with Crippen LogP contribution in [0, 0.1) is 11.8 Å². The van der Waals surface area contributed by atoms with Crippen LogP contribution < -0.4 is 5.32 Å². The summed E-state index contributed by atoms with van der Waals surface area (Å²) in [4.78, 5) is 11.2. The van der Waals surface area contributed by atoms with E-state index in [0.717, 1.165) is 13.1 Å². The van der Waals surface area contributed by atoms with Crippen LogP contribution in [0.3, 0.4) is 0 Å². The maximum absolute atomic E-state index is 11.2. The van der Waals surface area contributed by atoms with Crippen LogP contribution in [0.5, 0.6) is 0 Å². The maximum atomic E-state index is 11.2. The SMILES string of the molecule is CC(C)(C)OC(=O)C#CCC1CNCCO1. The Morgan fingerprint density at radius 2 is 2.31 bits per heavy atom. The van der Waals surface area contributed by atoms with Crippen molar-refractivity contribution in [1.82, 2.24) is 5.32 Å². The predicted molar refractivity (Wildman–Crippen MR) is 60.8 cm³/mol. The van der Waals surface area contributed by atoms with Gasteiger partial charge in [0, 0.05) is 25.4 Å². The minimum Gasteiger partial charge on any atom is -0.450 e. The fourth-order valence-electron chi connectivity index (χ4n) is 1.29. The first kappa shape index (κ1) is 13.0. The van der Waals surface area contributed by atoms with Gasteiger partial charge >= 0.3 is 5.97 Å². The van der Waals surface area contributed by atoms with Gasteiger partial charge in [0.2, 0.25) is 0 Å². The molecular formula is C12H19NO3. The molecule has 4 heteroatoms. The van der Waals surface area contributed by atoms with Gasteiger partial charge in [-0.05, 0) is 20.8 Å². The molecule has 4 nitrogen and oxygen atoms in total. The van der Waals surface area contributed by atoms with Crippen LogP contribution in [0.1, 0.15) is 27.2 Å². The molecule has 0 radical (unpaired) electrons. The van der Waals surface area contributed by atoms with Crippen molar-refractivity contribution < 1.29 is 14.3 Å². The first-order valence-corrected chi connectivity index (χ1v) is 5.51. The monoisotopic (exact) mass is 225 g/mol. The van der Waals surface area contributed by atoms with Crippen LogP contribution in [0.25, 0.3) is 0 Å². The molecular weight excluding hydrogens is 206 g/mol. The molecule has 1 atom stereocenters. The lowest BCUT2D eigenvalue weighted by molar-refractivity contribution is -0.147. The van der Waals surface area contributed by atoms with Gasteiger partial charge in [0.1, 0.15) is 5.60 Å². The van der Waals surface area contributed by atoms with Crippen LogP contribution in [-0.4, -0.2) is 37.4 Å². The number of carbonyl (C=O) groups excluding carboxylic acids is 1. The van der Waals surface area contributed by atoms with Gasteiger partial charge in [-0.1, -0.05) is 5.92 Å². The van der Waals surface area contributed by atoms with Gasteiger partial charge in [0.25, 0.3) is 0 Å². The smallest absolute Gasteiger partial charge is 0.384 e. The highest BCUT2D eigenvalue weighted by atomic mass is 16.6. The van der Waals surface area contributed by atoms with E-state index in [9.17, 15) is 4.79 Å². The molecule has 0 bridgehead atoms. The van der Waals surface area contributed by atoms with Crippen molar-refractivity contribution >= 4 is 5.97 Å². The van der Waals surface area contributed by atoms with Gasteiger partial charge in [-0.3, -0.25) is 0 Å². The molecule has 0 aromatic heterocycles. The largest absolute Gasteiger partial charge is 0.450 e. The third kappa shape index (κ3) is 5.74. The Balaban J connectivity index is 2.28. The molecule has 1 N–H and O–H groups in total. The van der Waals surface area contributed by atoms with E-state index in [1.54, 1.807) is 0 Å². The lowest BCUT2D eigenvalue weighted by Gasteiger charge is -2.21. The average Bonchev–Trinajstić information content (AvgIpc) is 2.16. The number of ether oxygens (including phenoxy) is 2. The van der Waals surface area contributed by atoms with E-state index in [2.05, 4.69) is 17.2 Å². The zero-order valence-electron chi connectivity index (χ0n) is 10.1. The zero-order valence-corrected chi connectivity index (χ0v) is 10.1. The lowest BCUT2D eigenvalue weighted by atomic mass is 10.2. The van der Waals surface area contributed by atoms with Gasteiger partial charge in [-0.25, -0.2) is 4.79 Å². The maximum Gasteiger partial charge on any atom is 0.384 e. The van der Waals surface area contributed by atoms with E-state index < -0.39 is 11.6 Å². The molecule has 1 aliphatic rings. The minimum atomic E-state index is -0.478. The molecule has 0 amide bonds. The highest BCUT2D eigenvalue weighted by Crippen LogP contribution is 2.06. The van der Waals surface area contributed by atoms with Gasteiger partial charge < -0.3 is 14.8 Å². The van der Waals surface area contributed by atoms with Crippen molar-refractivity contribution in [2.45, 2.75) is 38.9 Å². The van der Waals surface area contributed by atoms with Gasteiger partial charge in [-0.15, -0.1) is 0 Å². The summed E-state index contributed by atoms with van der Waals surface area (Å²) in [6.45, 7) is 7.85. The molecule has 1 unspecified atom stereocenters. The number of carbonyl (C=O) groups is 1. The topological polar surface area (TPSA) is 47.6 Å². The Bertz CT molecular complexity index is 290. The minimum absolute atomic E-state index is 0.0867. The Kier molecular flexibility index (Phi) is 4.78. The molecule has 0 spiro atoms. The average molecular weight is 225 g/mol. The molecule has 0 aromatic rings. The summed E-state index contributed by atoms with van der Waals surface area (Å²) in [6, 6.07) is 0. The molecule has 1 fully saturated rings. The van der Waals surface area contributed by atoms with E-state index in [-0.39, 0.29) is 6.10 Å². The van der Waals surface area contributed by atoms with Crippen molar-refractivity contribution in [3.63, 3.8) is 0 Å². The number of esters is 1. The summed E-state index contributed by atoms with van der Waals surface area (Å²) >= 11 is 0. The van der Waals surface area contributed by atoms with Crippen molar-refractivity contribution in [2.24, 2.45) is 0 Å². The second-order valence-electron chi connectivity index (χ2n) is 4.70. The number of rotatable bonds is 1. The van der Waals surface area contributed by atoms with Crippen molar-refractivity contribution in [3.8, 4) is 11.8 Å². The summed E-state index contributed by atoms with van der Waals surface area (Å²) in [5.41, 5.74) is -0.478. The van der Waals surface area contributed by atoms with Crippen LogP contribution in [0.2, 0.25) is 0 Å². The summed E-state index contributed by atoms with van der Waals surface area (Å²) in [6.07, 6.45) is 0.648. The number of hydrogen-bond donors (Lipinski definition) is 1. The normalized spacial score (nSPS) is 20.8. The predicted octanol–water partition coefficient (Wildman–Crippen LogP) is 0.710. The summed E-state index contributed by atoms with van der Waals surface area (Å²) in [5, 5.41) is 3.20. The van der Waals surface area contributed by atoms with Crippen LogP contribution in [0.4, 0.5) is 0 Å². The molecule has 90 valence electrons. The van der Waals surface area contributed by atoms with Crippen molar-refractivity contribution in [2.75, 3.05) is 19.7 Å². The highest BCUT2D eigenvalue weighted by molar-refractivity contribution is 5.88. The molecule has 0 saturated carbocycles. The molecule has 1 saturated heterocycles. The summed E-state index contributed by atoms with van der Waals surface area (Å²) < 4.78 is 10.5. The first-order valence-electron chi connectivity index (χ1n) is 5.51. The first-order chi connectivity index (χ1) is 7.47. The summed E-state index contributed by atoms with van der Waals surface area (Å²) in [7, 11) is 0. The molecule has 0 aliphatic carbocycles. The number of morpholine rings is 1. The van der Waals surface area contributed by atoms with Gasteiger partial charge in [-0.2, -0.15) is 0 Å². The van der Waals surface area contributed by atoms with Crippen LogP contribution in [-0.2, 0) is 14.3 Å². The van der Waals surface area contributed by atoms with Crippen LogP contribution in [0.15, 0.2) is 0 Å². The standard InChI is InChI=1S/C12H19NO3/c1-12(2,3)16-11(14)6-4-5-10-9-13-7-8-15-10/h10,13H,5,7-9H2,1-3H3. The van der Waals surface area contributed by atoms with E-state index >= 15 is 0 Å². The van der Waals surface area contributed by atoms with Crippen molar-refractivity contribution in [1.29, 1.82) is 0 Å². The van der Waals surface area contributed by atoms with Crippen molar-refractivity contribution in [3.05, 3.63) is 0 Å². The third-order valence-electron chi connectivity index (χ3n) is 1.92. The quantitative estimate of drug-likeness (QED) is 0.405. The lowest BCUT2D eigenvalue weighted by Crippen LogP contribution is -2.38. The molecule has 16 heavy (non-hydrogen) atoms. The molecule has 1 aliphatic heterocycles. The van der Waals surface area contributed by atoms with Gasteiger partial charge in [0.05, 0.1) is 12.7 Å². The van der Waals surface area contributed by atoms with E-state index in [4.69, 9.17) is 9.47 Å². The Labute approximate surface area is 96.7 Å². The number of nitrogens with one attached hydrogen (secondary N) is 1. The molecule has 0 aromatic carbocycles. The fraction of sp³-hybridized carbons (Fsp3) is 0.750. The van der Waals surface area contributed by atoms with E-state index in [1.165, 1.54) is 0 Å². The number of hydrogen-bond acceptors (Lipinski definition) is 4. The second kappa shape index (κ2) is 5.88. The van der Waals surface area contributed by atoms with Crippen LogP contribution >= 0.6 is 0 Å². The third-order valence-corrected chi connectivity index (χ3v) is 1.92. The fourth-order valence-corrected chi connectivity index (χ4v) is 1.29. The second-order valence-corrected chi connectivity index (χ2v) is 4.70.